The lowest BCUT2D eigenvalue weighted by atomic mass is 10.0. The number of carbonyl (C=O) groups excluding carboxylic acids is 2. The molecule has 0 aromatic heterocycles. The maximum Gasteiger partial charge on any atom is 0.472 e. The Balaban J connectivity index is 4.16. The first kappa shape index (κ1) is 65.9. The van der Waals surface area contributed by atoms with Gasteiger partial charge in [-0.15, -0.1) is 0 Å². The van der Waals surface area contributed by atoms with Gasteiger partial charge in [0.15, 0.2) is 6.10 Å². The van der Waals surface area contributed by atoms with Gasteiger partial charge in [-0.3, -0.25) is 18.6 Å². The smallest absolute Gasteiger partial charge is 0.462 e. The molecule has 0 bridgehead atoms. The van der Waals surface area contributed by atoms with Crippen molar-refractivity contribution in [2.24, 2.45) is 0 Å². The molecular weight excluding hydrogens is 882 g/mol. The van der Waals surface area contributed by atoms with E-state index in [1.54, 1.807) is 0 Å². The molecule has 0 amide bonds. The number of quaternary nitrogens is 1. The number of likely N-dealkylation sites (N-methyl/N-ethyl adjacent to an activating group) is 1. The van der Waals surface area contributed by atoms with E-state index in [1.807, 2.05) is 21.1 Å². The molecule has 0 saturated heterocycles. The predicted octanol–water partition coefficient (Wildman–Crippen LogP) is 16.9. The highest BCUT2D eigenvalue weighted by atomic mass is 31.2. The van der Waals surface area contributed by atoms with Crippen molar-refractivity contribution in [3.8, 4) is 0 Å². The van der Waals surface area contributed by atoms with Crippen LogP contribution in [0.3, 0.4) is 0 Å². The highest BCUT2D eigenvalue weighted by molar-refractivity contribution is 7.47. The van der Waals surface area contributed by atoms with Gasteiger partial charge in [0, 0.05) is 12.8 Å². The summed E-state index contributed by atoms with van der Waals surface area (Å²) in [5.41, 5.74) is 0. The molecule has 0 aromatic carbocycles. The van der Waals surface area contributed by atoms with Gasteiger partial charge in [0.1, 0.15) is 19.8 Å². The Labute approximate surface area is 423 Å². The molecule has 9 nitrogen and oxygen atoms in total. The molecule has 0 saturated carbocycles. The Morgan fingerprint density at radius 2 is 0.826 bits per heavy atom. The number of unbranched alkanes of at least 4 members (excludes halogenated alkanes) is 19. The fourth-order valence-corrected chi connectivity index (χ4v) is 7.89. The number of hydrogen-bond donors (Lipinski definition) is 1. The number of rotatable bonds is 49. The molecule has 2 atom stereocenters. The zero-order valence-electron chi connectivity index (χ0n) is 44.8. The Bertz CT molecular complexity index is 1490. The van der Waals surface area contributed by atoms with Crippen molar-refractivity contribution in [3.63, 3.8) is 0 Å². The maximum atomic E-state index is 12.8. The molecule has 0 rings (SSSR count). The van der Waals surface area contributed by atoms with Crippen molar-refractivity contribution in [3.05, 3.63) is 97.2 Å². The fraction of sp³-hybridized carbons (Fsp3) is 0.695. The number of esters is 2. The van der Waals surface area contributed by atoms with Crippen LogP contribution in [0.4, 0.5) is 0 Å². The van der Waals surface area contributed by atoms with Crippen LogP contribution in [0.2, 0.25) is 0 Å². The fourth-order valence-electron chi connectivity index (χ4n) is 7.15. The van der Waals surface area contributed by atoms with Crippen molar-refractivity contribution in [1.29, 1.82) is 0 Å². The number of carbonyl (C=O) groups is 2. The third-order valence-electron chi connectivity index (χ3n) is 11.4. The lowest BCUT2D eigenvalue weighted by molar-refractivity contribution is -0.870. The average Bonchev–Trinajstić information content (AvgIpc) is 3.31. The second-order valence-corrected chi connectivity index (χ2v) is 20.7. The number of nitrogens with zero attached hydrogens (tertiary/aromatic N) is 1. The minimum atomic E-state index is -4.39. The molecular formula is C59H103NO8P+. The molecule has 396 valence electrons. The molecule has 0 aliphatic heterocycles. The summed E-state index contributed by atoms with van der Waals surface area (Å²) in [6.45, 7) is 4.29. The van der Waals surface area contributed by atoms with Crippen molar-refractivity contribution in [2.75, 3.05) is 47.5 Å². The minimum absolute atomic E-state index is 0.0266. The summed E-state index contributed by atoms with van der Waals surface area (Å²) in [6.07, 6.45) is 67.6. The van der Waals surface area contributed by atoms with Crippen LogP contribution in [0.5, 0.6) is 0 Å². The Hall–Kier alpha value is -3.07. The van der Waals surface area contributed by atoms with Crippen LogP contribution >= 0.6 is 7.82 Å². The van der Waals surface area contributed by atoms with E-state index in [1.165, 1.54) is 83.5 Å². The first-order valence-electron chi connectivity index (χ1n) is 27.5. The largest absolute Gasteiger partial charge is 0.472 e. The number of ether oxygens (including phenoxy) is 2. The molecule has 10 heteroatoms. The minimum Gasteiger partial charge on any atom is -0.462 e. The molecule has 0 heterocycles. The summed E-state index contributed by atoms with van der Waals surface area (Å²) < 4.78 is 34.4. The topological polar surface area (TPSA) is 108 Å². The van der Waals surface area contributed by atoms with Gasteiger partial charge in [0.05, 0.1) is 27.7 Å². The Morgan fingerprint density at radius 3 is 1.23 bits per heavy atom. The summed E-state index contributed by atoms with van der Waals surface area (Å²) >= 11 is 0. The number of phosphoric acid groups is 1. The summed E-state index contributed by atoms with van der Waals surface area (Å²) in [6, 6.07) is 0. The normalized spacial score (nSPS) is 14.1. The maximum absolute atomic E-state index is 12.8. The third kappa shape index (κ3) is 54.1. The SMILES string of the molecule is CC/C=C\C/C=C\C/C=C\C/C=C\C/C=C\C/C=C\C/C=C\C/C=C\CCCCCCCCCCC(=O)OC(COC(=O)CCCCCCCCCCCCCC)COP(=O)(O)OCC[N+](C)(C)C. The highest BCUT2D eigenvalue weighted by Crippen LogP contribution is 2.43. The number of hydrogen-bond acceptors (Lipinski definition) is 7. The third-order valence-corrected chi connectivity index (χ3v) is 12.4. The van der Waals surface area contributed by atoms with Gasteiger partial charge < -0.3 is 18.9 Å². The second kappa shape index (κ2) is 49.9. The van der Waals surface area contributed by atoms with Crippen LogP contribution in [-0.4, -0.2) is 74.9 Å². The van der Waals surface area contributed by atoms with Crippen LogP contribution in [-0.2, 0) is 32.7 Å². The standard InChI is InChI=1S/C59H102NO8P/c1-6-8-10-12-14-16-18-20-21-22-23-24-25-26-27-28-29-30-31-32-33-34-35-36-37-38-39-40-42-44-46-48-50-52-59(62)68-57(56-67-69(63,64)66-54-53-60(3,4)5)55-65-58(61)51-49-47-45-43-41-19-17-15-13-11-9-7-2/h8,10,14,16,20-21,23-24,26-27,29-30,32-33,35-36,57H,6-7,9,11-13,15,17-19,22,25,28,31,34,37-56H2,1-5H3/p+1/b10-8-,16-14-,21-20-,24-23-,27-26-,30-29-,33-32-,36-35-. The average molecular weight is 985 g/mol. The van der Waals surface area contributed by atoms with E-state index < -0.39 is 26.5 Å². The van der Waals surface area contributed by atoms with Crippen molar-refractivity contribution in [1.82, 2.24) is 0 Å². The zero-order chi connectivity index (χ0) is 50.6. The second-order valence-electron chi connectivity index (χ2n) is 19.2. The summed E-state index contributed by atoms with van der Waals surface area (Å²) in [5.74, 6) is -0.810. The van der Waals surface area contributed by atoms with Gasteiger partial charge in [-0.05, 0) is 77.0 Å². The summed E-state index contributed by atoms with van der Waals surface area (Å²) in [4.78, 5) is 35.5. The van der Waals surface area contributed by atoms with Crippen LogP contribution in [0.1, 0.15) is 213 Å². The summed E-state index contributed by atoms with van der Waals surface area (Å²) in [7, 11) is 1.46. The Kier molecular flexibility index (Phi) is 47.7. The molecule has 69 heavy (non-hydrogen) atoms. The van der Waals surface area contributed by atoms with Gasteiger partial charge in [-0.1, -0.05) is 220 Å². The quantitative estimate of drug-likeness (QED) is 0.0211. The predicted molar refractivity (Wildman–Crippen MR) is 293 cm³/mol. The number of phosphoric ester groups is 1. The van der Waals surface area contributed by atoms with E-state index in [2.05, 4.69) is 111 Å². The molecule has 0 aliphatic rings. The van der Waals surface area contributed by atoms with Crippen LogP contribution in [0.25, 0.3) is 0 Å². The molecule has 0 fully saturated rings. The van der Waals surface area contributed by atoms with Gasteiger partial charge in [-0.2, -0.15) is 0 Å². The Morgan fingerprint density at radius 1 is 0.464 bits per heavy atom. The van der Waals surface area contributed by atoms with Gasteiger partial charge in [0.2, 0.25) is 0 Å². The zero-order valence-corrected chi connectivity index (χ0v) is 45.7. The van der Waals surface area contributed by atoms with Gasteiger partial charge >= 0.3 is 19.8 Å². The first-order valence-corrected chi connectivity index (χ1v) is 29.0. The van der Waals surface area contributed by atoms with Crippen molar-refractivity contribution < 1.29 is 42.1 Å². The monoisotopic (exact) mass is 985 g/mol. The lowest BCUT2D eigenvalue weighted by Gasteiger charge is -2.24. The molecule has 0 aromatic rings. The van der Waals surface area contributed by atoms with Crippen LogP contribution in [0.15, 0.2) is 97.2 Å². The molecule has 1 N–H and O–H groups in total. The number of allylic oxidation sites excluding steroid dienone is 16. The van der Waals surface area contributed by atoms with E-state index in [4.69, 9.17) is 18.5 Å². The lowest BCUT2D eigenvalue weighted by Crippen LogP contribution is -2.37. The molecule has 0 radical (unpaired) electrons. The highest BCUT2D eigenvalue weighted by Gasteiger charge is 2.27. The van der Waals surface area contributed by atoms with Crippen LogP contribution in [0, 0.1) is 0 Å². The van der Waals surface area contributed by atoms with Crippen molar-refractivity contribution >= 4 is 19.8 Å². The van der Waals surface area contributed by atoms with E-state index >= 15 is 0 Å². The first-order chi connectivity index (χ1) is 33.5. The van der Waals surface area contributed by atoms with Gasteiger partial charge in [0.25, 0.3) is 0 Å². The van der Waals surface area contributed by atoms with Gasteiger partial charge in [-0.25, -0.2) is 4.57 Å². The molecule has 0 aliphatic carbocycles. The summed E-state index contributed by atoms with van der Waals surface area (Å²) in [5, 5.41) is 0. The molecule has 0 spiro atoms. The van der Waals surface area contributed by atoms with E-state index in [0.29, 0.717) is 17.4 Å². The van der Waals surface area contributed by atoms with E-state index in [-0.39, 0.29) is 32.0 Å². The molecule has 2 unspecified atom stereocenters. The van der Waals surface area contributed by atoms with Crippen LogP contribution < -0.4 is 0 Å². The van der Waals surface area contributed by atoms with E-state index in [0.717, 1.165) is 96.3 Å². The van der Waals surface area contributed by atoms with Crippen molar-refractivity contribution in [2.45, 2.75) is 219 Å². The van der Waals surface area contributed by atoms with E-state index in [9.17, 15) is 19.0 Å².